The normalized spacial score (nSPS) is 15.1. The maximum Gasteiger partial charge on any atom is 0.269 e. The van der Waals surface area contributed by atoms with Crippen molar-refractivity contribution in [2.45, 2.75) is 51.2 Å². The van der Waals surface area contributed by atoms with Gasteiger partial charge in [-0.15, -0.1) is 0 Å². The number of hydrogen-bond donors (Lipinski definition) is 2. The largest absolute Gasteiger partial charge is 0.481 e. The first kappa shape index (κ1) is 21.3. The molecule has 0 heterocycles. The summed E-state index contributed by atoms with van der Waals surface area (Å²) in [5.74, 6) is -0.111. The smallest absolute Gasteiger partial charge is 0.269 e. The van der Waals surface area contributed by atoms with Crippen molar-refractivity contribution in [3.05, 3.63) is 64.2 Å². The minimum atomic E-state index is -0.805. The topological polar surface area (TPSA) is 111 Å². The first-order valence-electron chi connectivity index (χ1n) is 10.1. The van der Waals surface area contributed by atoms with Gasteiger partial charge in [0.25, 0.3) is 17.5 Å². The quantitative estimate of drug-likeness (QED) is 0.527. The zero-order valence-corrected chi connectivity index (χ0v) is 16.8. The van der Waals surface area contributed by atoms with E-state index in [9.17, 15) is 19.7 Å². The Kier molecular flexibility index (Phi) is 7.00. The van der Waals surface area contributed by atoms with Gasteiger partial charge in [0.15, 0.2) is 6.10 Å². The molecule has 3 rings (SSSR count). The molecule has 1 saturated carbocycles. The van der Waals surface area contributed by atoms with Crippen molar-refractivity contribution in [1.29, 1.82) is 0 Å². The third-order valence-corrected chi connectivity index (χ3v) is 5.08. The third-order valence-electron chi connectivity index (χ3n) is 5.08. The fourth-order valence-corrected chi connectivity index (χ4v) is 3.37. The van der Waals surface area contributed by atoms with Crippen molar-refractivity contribution in [2.24, 2.45) is 0 Å². The number of nitrogens with one attached hydrogen (secondary N) is 2. The minimum absolute atomic E-state index is 0.0490. The first-order chi connectivity index (χ1) is 14.4. The molecule has 2 aromatic rings. The van der Waals surface area contributed by atoms with E-state index in [0.717, 1.165) is 25.7 Å². The van der Waals surface area contributed by atoms with Gasteiger partial charge in [-0.1, -0.05) is 19.3 Å². The van der Waals surface area contributed by atoms with Crippen LogP contribution in [0.15, 0.2) is 48.5 Å². The maximum absolute atomic E-state index is 12.4. The van der Waals surface area contributed by atoms with Gasteiger partial charge in [0.05, 0.1) is 4.92 Å². The fourth-order valence-electron chi connectivity index (χ4n) is 3.37. The van der Waals surface area contributed by atoms with Gasteiger partial charge in [-0.2, -0.15) is 0 Å². The molecule has 0 spiro atoms. The van der Waals surface area contributed by atoms with Crippen LogP contribution >= 0.6 is 0 Å². The number of nitro benzene ring substituents is 1. The highest BCUT2D eigenvalue weighted by molar-refractivity contribution is 5.97. The summed E-state index contributed by atoms with van der Waals surface area (Å²) in [7, 11) is 0. The van der Waals surface area contributed by atoms with E-state index in [2.05, 4.69) is 10.6 Å². The van der Waals surface area contributed by atoms with Gasteiger partial charge < -0.3 is 15.4 Å². The number of anilines is 1. The van der Waals surface area contributed by atoms with E-state index < -0.39 is 11.0 Å². The second-order valence-electron chi connectivity index (χ2n) is 7.39. The van der Waals surface area contributed by atoms with Crippen molar-refractivity contribution in [2.75, 3.05) is 5.32 Å². The third kappa shape index (κ3) is 5.79. The van der Waals surface area contributed by atoms with Gasteiger partial charge in [0, 0.05) is 29.4 Å². The standard InChI is InChI=1S/C22H25N3O5/c1-15(30-20-13-11-19(12-14-20)25(28)29)21(26)23-18-9-7-16(8-10-18)22(27)24-17-5-3-2-4-6-17/h7-15,17H,2-6H2,1H3,(H,23,26)(H,24,27). The first-order valence-corrected chi connectivity index (χ1v) is 10.1. The van der Waals surface area contributed by atoms with E-state index in [4.69, 9.17) is 4.74 Å². The molecule has 158 valence electrons. The van der Waals surface area contributed by atoms with Crippen LogP contribution in [0.3, 0.4) is 0 Å². The van der Waals surface area contributed by atoms with E-state index in [1.54, 1.807) is 31.2 Å². The molecular formula is C22H25N3O5. The average Bonchev–Trinajstić information content (AvgIpc) is 2.75. The Morgan fingerprint density at radius 1 is 1.03 bits per heavy atom. The van der Waals surface area contributed by atoms with Gasteiger partial charge >= 0.3 is 0 Å². The van der Waals surface area contributed by atoms with Crippen molar-refractivity contribution in [1.82, 2.24) is 5.32 Å². The molecule has 8 nitrogen and oxygen atoms in total. The molecule has 1 unspecified atom stereocenters. The Morgan fingerprint density at radius 3 is 2.27 bits per heavy atom. The summed E-state index contributed by atoms with van der Waals surface area (Å²) >= 11 is 0. The number of hydrogen-bond acceptors (Lipinski definition) is 5. The van der Waals surface area contributed by atoms with Gasteiger partial charge in [0.2, 0.25) is 0 Å². The Labute approximate surface area is 174 Å². The van der Waals surface area contributed by atoms with Crippen LogP contribution in [0.5, 0.6) is 5.75 Å². The van der Waals surface area contributed by atoms with Crippen LogP contribution < -0.4 is 15.4 Å². The van der Waals surface area contributed by atoms with E-state index in [-0.39, 0.29) is 23.5 Å². The van der Waals surface area contributed by atoms with E-state index in [1.165, 1.54) is 30.7 Å². The SMILES string of the molecule is CC(Oc1ccc([N+](=O)[O-])cc1)C(=O)Nc1ccc(C(=O)NC2CCCCC2)cc1. The monoisotopic (exact) mass is 411 g/mol. The number of ether oxygens (including phenoxy) is 1. The highest BCUT2D eigenvalue weighted by Crippen LogP contribution is 2.20. The predicted octanol–water partition coefficient (Wildman–Crippen LogP) is 4.06. The lowest BCUT2D eigenvalue weighted by molar-refractivity contribution is -0.384. The average molecular weight is 411 g/mol. The van der Waals surface area contributed by atoms with E-state index in [1.807, 2.05) is 0 Å². The lowest BCUT2D eigenvalue weighted by atomic mass is 9.95. The zero-order valence-electron chi connectivity index (χ0n) is 16.8. The summed E-state index contributed by atoms with van der Waals surface area (Å²) in [5.41, 5.74) is 1.05. The van der Waals surface area contributed by atoms with Gasteiger partial charge in [-0.05, 0) is 56.2 Å². The van der Waals surface area contributed by atoms with Crippen molar-refractivity contribution in [3.8, 4) is 5.75 Å². The van der Waals surface area contributed by atoms with Crippen LogP contribution in [-0.4, -0.2) is 28.9 Å². The number of benzene rings is 2. The number of amides is 2. The number of non-ortho nitro benzene ring substituents is 1. The molecule has 2 aromatic carbocycles. The van der Waals surface area contributed by atoms with E-state index >= 15 is 0 Å². The highest BCUT2D eigenvalue weighted by Gasteiger charge is 2.18. The molecule has 0 aromatic heterocycles. The molecule has 1 aliphatic rings. The molecule has 8 heteroatoms. The van der Waals surface area contributed by atoms with Crippen molar-refractivity contribution >= 4 is 23.2 Å². The van der Waals surface area contributed by atoms with Gasteiger partial charge in [-0.25, -0.2) is 0 Å². The molecule has 0 saturated heterocycles. The Morgan fingerprint density at radius 2 is 1.67 bits per heavy atom. The summed E-state index contributed by atoms with van der Waals surface area (Å²) in [5, 5.41) is 16.5. The van der Waals surface area contributed by atoms with Crippen molar-refractivity contribution in [3.63, 3.8) is 0 Å². The summed E-state index contributed by atoms with van der Waals surface area (Å²) in [6.45, 7) is 1.59. The van der Waals surface area contributed by atoms with Crippen molar-refractivity contribution < 1.29 is 19.2 Å². The van der Waals surface area contributed by atoms with Gasteiger partial charge in [-0.3, -0.25) is 19.7 Å². The molecule has 1 atom stereocenters. The van der Waals surface area contributed by atoms with E-state index in [0.29, 0.717) is 17.0 Å². The number of nitro groups is 1. The minimum Gasteiger partial charge on any atom is -0.481 e. The molecule has 1 fully saturated rings. The number of rotatable bonds is 7. The van der Waals surface area contributed by atoms with Gasteiger partial charge in [0.1, 0.15) is 5.75 Å². The molecule has 0 radical (unpaired) electrons. The summed E-state index contributed by atoms with van der Waals surface area (Å²) in [6.07, 6.45) is 4.76. The molecule has 2 N–H and O–H groups in total. The lowest BCUT2D eigenvalue weighted by Crippen LogP contribution is -2.36. The van der Waals surface area contributed by atoms with Crippen LogP contribution in [0.1, 0.15) is 49.4 Å². The Bertz CT molecular complexity index is 890. The lowest BCUT2D eigenvalue weighted by Gasteiger charge is -2.22. The number of carbonyl (C=O) groups excluding carboxylic acids is 2. The number of nitrogens with zero attached hydrogens (tertiary/aromatic N) is 1. The fraction of sp³-hybridized carbons (Fsp3) is 0.364. The number of carbonyl (C=O) groups is 2. The van der Waals surface area contributed by atoms with Crippen LogP contribution in [-0.2, 0) is 4.79 Å². The second-order valence-corrected chi connectivity index (χ2v) is 7.39. The van der Waals surface area contributed by atoms with Crippen LogP contribution in [0.2, 0.25) is 0 Å². The van der Waals surface area contributed by atoms with Crippen LogP contribution in [0.25, 0.3) is 0 Å². The molecule has 30 heavy (non-hydrogen) atoms. The molecule has 1 aliphatic carbocycles. The zero-order chi connectivity index (χ0) is 21.5. The van der Waals surface area contributed by atoms with Crippen LogP contribution in [0.4, 0.5) is 11.4 Å². The molecule has 0 bridgehead atoms. The molecule has 0 aliphatic heterocycles. The summed E-state index contributed by atoms with van der Waals surface area (Å²) in [6, 6.07) is 12.5. The summed E-state index contributed by atoms with van der Waals surface area (Å²) < 4.78 is 5.53. The second kappa shape index (κ2) is 9.87. The molecule has 2 amide bonds. The highest BCUT2D eigenvalue weighted by atomic mass is 16.6. The Hall–Kier alpha value is -3.42. The molecular weight excluding hydrogens is 386 g/mol. The predicted molar refractivity (Wildman–Crippen MR) is 113 cm³/mol. The maximum atomic E-state index is 12.4. The van der Waals surface area contributed by atoms with Crippen LogP contribution in [0, 0.1) is 10.1 Å². The Balaban J connectivity index is 1.51. The summed E-state index contributed by atoms with van der Waals surface area (Å²) in [4.78, 5) is 34.9.